The van der Waals surface area contributed by atoms with Crippen molar-refractivity contribution in [2.45, 2.75) is 39.5 Å². The van der Waals surface area contributed by atoms with Crippen molar-refractivity contribution in [1.29, 1.82) is 0 Å². The number of carbonyl (C=O) groups excluding carboxylic acids is 2. The Morgan fingerprint density at radius 1 is 0.857 bits per heavy atom. The van der Waals surface area contributed by atoms with Crippen LogP contribution in [0.3, 0.4) is 0 Å². The standard InChI is InChI=1S/C12H18O2/c1-9(2)7-11(13)5-6-12(14)8-10(3)4/h1,3,5-8H2,2,4H3. The summed E-state index contributed by atoms with van der Waals surface area (Å²) in [5, 5.41) is 0. The topological polar surface area (TPSA) is 34.1 Å². The molecule has 0 unspecified atom stereocenters. The molecule has 0 bridgehead atoms. The van der Waals surface area contributed by atoms with Gasteiger partial charge >= 0.3 is 0 Å². The van der Waals surface area contributed by atoms with Gasteiger partial charge in [0.15, 0.2) is 0 Å². The minimum absolute atomic E-state index is 0.0903. The fourth-order valence-corrected chi connectivity index (χ4v) is 1.13. The fraction of sp³-hybridized carbons (Fsp3) is 0.500. The second-order valence-electron chi connectivity index (χ2n) is 3.85. The van der Waals surface area contributed by atoms with Crippen LogP contribution < -0.4 is 0 Å². The van der Waals surface area contributed by atoms with E-state index in [0.29, 0.717) is 25.7 Å². The Kier molecular flexibility index (Phi) is 5.77. The lowest BCUT2D eigenvalue weighted by molar-refractivity contribution is -0.123. The van der Waals surface area contributed by atoms with Crippen LogP contribution in [-0.4, -0.2) is 11.6 Å². The molecule has 0 amide bonds. The van der Waals surface area contributed by atoms with Gasteiger partial charge < -0.3 is 0 Å². The van der Waals surface area contributed by atoms with Crippen molar-refractivity contribution in [2.75, 3.05) is 0 Å². The lowest BCUT2D eigenvalue weighted by atomic mass is 10.0. The van der Waals surface area contributed by atoms with Gasteiger partial charge in [-0.05, 0) is 13.8 Å². The van der Waals surface area contributed by atoms with Gasteiger partial charge in [0.2, 0.25) is 0 Å². The van der Waals surface area contributed by atoms with E-state index in [1.54, 1.807) is 0 Å². The first kappa shape index (κ1) is 12.8. The van der Waals surface area contributed by atoms with Gasteiger partial charge in [-0.3, -0.25) is 9.59 Å². The van der Waals surface area contributed by atoms with Gasteiger partial charge in [0.05, 0.1) is 0 Å². The molecule has 0 aliphatic rings. The van der Waals surface area contributed by atoms with Crippen LogP contribution in [0.25, 0.3) is 0 Å². The number of carbonyl (C=O) groups is 2. The van der Waals surface area contributed by atoms with Crippen molar-refractivity contribution in [1.82, 2.24) is 0 Å². The zero-order chi connectivity index (χ0) is 11.1. The molecular weight excluding hydrogens is 176 g/mol. The Morgan fingerprint density at radius 2 is 1.14 bits per heavy atom. The van der Waals surface area contributed by atoms with E-state index in [1.807, 2.05) is 13.8 Å². The van der Waals surface area contributed by atoms with E-state index in [4.69, 9.17) is 0 Å². The molecule has 0 spiro atoms. The van der Waals surface area contributed by atoms with Gasteiger partial charge in [0, 0.05) is 25.7 Å². The first-order valence-electron chi connectivity index (χ1n) is 4.74. The fourth-order valence-electron chi connectivity index (χ4n) is 1.13. The number of hydrogen-bond acceptors (Lipinski definition) is 2. The third-order valence-electron chi connectivity index (χ3n) is 1.68. The highest BCUT2D eigenvalue weighted by Crippen LogP contribution is 2.06. The number of Topliss-reactive ketones (excluding diaryl/α,β-unsaturated/α-hetero) is 2. The molecule has 78 valence electrons. The summed E-state index contributed by atoms with van der Waals surface area (Å²) in [5.41, 5.74) is 1.70. The van der Waals surface area contributed by atoms with E-state index in [9.17, 15) is 9.59 Å². The van der Waals surface area contributed by atoms with Gasteiger partial charge in [-0.25, -0.2) is 0 Å². The molecule has 0 heterocycles. The van der Waals surface area contributed by atoms with Crippen LogP contribution in [0.5, 0.6) is 0 Å². The average molecular weight is 194 g/mol. The number of hydrogen-bond donors (Lipinski definition) is 0. The summed E-state index contributed by atoms with van der Waals surface area (Å²) in [6.45, 7) is 10.9. The summed E-state index contributed by atoms with van der Waals surface area (Å²) in [4.78, 5) is 22.4. The predicted octanol–water partition coefficient (Wildman–Crippen LogP) is 2.84. The molecule has 0 aliphatic heterocycles. The van der Waals surface area contributed by atoms with E-state index in [2.05, 4.69) is 13.2 Å². The molecule has 0 aromatic heterocycles. The Morgan fingerprint density at radius 3 is 1.36 bits per heavy atom. The lowest BCUT2D eigenvalue weighted by Crippen LogP contribution is -2.04. The van der Waals surface area contributed by atoms with Crippen LogP contribution in [-0.2, 0) is 9.59 Å². The quantitative estimate of drug-likeness (QED) is 0.584. The monoisotopic (exact) mass is 194 g/mol. The van der Waals surface area contributed by atoms with Crippen molar-refractivity contribution in [3.05, 3.63) is 24.3 Å². The number of rotatable bonds is 7. The molecule has 2 heteroatoms. The highest BCUT2D eigenvalue weighted by molar-refractivity contribution is 5.87. The van der Waals surface area contributed by atoms with Crippen molar-refractivity contribution < 1.29 is 9.59 Å². The molecule has 0 N–H and O–H groups in total. The molecule has 14 heavy (non-hydrogen) atoms. The summed E-state index contributed by atoms with van der Waals surface area (Å²) in [6.07, 6.45) is 1.44. The van der Waals surface area contributed by atoms with Crippen LogP contribution in [0.2, 0.25) is 0 Å². The second-order valence-corrected chi connectivity index (χ2v) is 3.85. The van der Waals surface area contributed by atoms with E-state index in [1.165, 1.54) is 0 Å². The first-order valence-corrected chi connectivity index (χ1v) is 4.74. The van der Waals surface area contributed by atoms with E-state index < -0.39 is 0 Å². The molecule has 0 saturated heterocycles. The largest absolute Gasteiger partial charge is 0.299 e. The van der Waals surface area contributed by atoms with E-state index in [-0.39, 0.29) is 11.6 Å². The van der Waals surface area contributed by atoms with Crippen molar-refractivity contribution in [3.8, 4) is 0 Å². The Hall–Kier alpha value is -1.18. The summed E-state index contributed by atoms with van der Waals surface area (Å²) < 4.78 is 0. The van der Waals surface area contributed by atoms with Crippen molar-refractivity contribution in [3.63, 3.8) is 0 Å². The molecule has 0 aromatic carbocycles. The zero-order valence-electron chi connectivity index (χ0n) is 9.06. The van der Waals surface area contributed by atoms with Gasteiger partial charge in [-0.15, -0.1) is 0 Å². The lowest BCUT2D eigenvalue weighted by Gasteiger charge is -2.00. The van der Waals surface area contributed by atoms with Crippen LogP contribution >= 0.6 is 0 Å². The molecule has 2 nitrogen and oxygen atoms in total. The van der Waals surface area contributed by atoms with Crippen molar-refractivity contribution >= 4 is 11.6 Å². The summed E-state index contributed by atoms with van der Waals surface area (Å²) in [6, 6.07) is 0. The van der Waals surface area contributed by atoms with Crippen LogP contribution in [0.1, 0.15) is 39.5 Å². The van der Waals surface area contributed by atoms with Crippen LogP contribution in [0.4, 0.5) is 0 Å². The highest BCUT2D eigenvalue weighted by Gasteiger charge is 2.07. The van der Waals surface area contributed by atoms with E-state index in [0.717, 1.165) is 11.1 Å². The first-order chi connectivity index (χ1) is 6.41. The van der Waals surface area contributed by atoms with Gasteiger partial charge in [0.25, 0.3) is 0 Å². The Bertz CT molecular complexity index is 233. The molecule has 0 radical (unpaired) electrons. The maximum Gasteiger partial charge on any atom is 0.137 e. The van der Waals surface area contributed by atoms with Crippen LogP contribution in [0, 0.1) is 0 Å². The van der Waals surface area contributed by atoms with Crippen molar-refractivity contribution in [2.24, 2.45) is 0 Å². The molecule has 0 saturated carbocycles. The van der Waals surface area contributed by atoms with Gasteiger partial charge in [-0.1, -0.05) is 24.3 Å². The molecular formula is C12H18O2. The second kappa shape index (κ2) is 6.30. The highest BCUT2D eigenvalue weighted by atomic mass is 16.1. The summed E-state index contributed by atoms with van der Waals surface area (Å²) in [7, 11) is 0. The van der Waals surface area contributed by atoms with E-state index >= 15 is 0 Å². The molecule has 0 aliphatic carbocycles. The third kappa shape index (κ3) is 7.47. The average Bonchev–Trinajstić information content (AvgIpc) is 1.98. The van der Waals surface area contributed by atoms with Gasteiger partial charge in [0.1, 0.15) is 11.6 Å². The minimum atomic E-state index is 0.0903. The summed E-state index contributed by atoms with van der Waals surface area (Å²) >= 11 is 0. The SMILES string of the molecule is C=C(C)CC(=O)CCC(=O)CC(=C)C. The van der Waals surface area contributed by atoms with Gasteiger partial charge in [-0.2, -0.15) is 0 Å². The molecule has 0 fully saturated rings. The smallest absolute Gasteiger partial charge is 0.137 e. The maximum atomic E-state index is 11.2. The summed E-state index contributed by atoms with van der Waals surface area (Å²) in [5.74, 6) is 0.181. The molecule has 0 atom stereocenters. The molecule has 0 aromatic rings. The maximum absolute atomic E-state index is 11.2. The zero-order valence-corrected chi connectivity index (χ0v) is 9.06. The Balaban J connectivity index is 3.72. The molecule has 0 rings (SSSR count). The van der Waals surface area contributed by atoms with Crippen LogP contribution in [0.15, 0.2) is 24.3 Å². The number of ketones is 2. The third-order valence-corrected chi connectivity index (χ3v) is 1.68. The Labute approximate surface area is 85.7 Å². The predicted molar refractivity (Wildman–Crippen MR) is 58.1 cm³/mol. The minimum Gasteiger partial charge on any atom is -0.299 e. The number of allylic oxidation sites excluding steroid dienone is 2. The normalized spacial score (nSPS) is 9.57.